The Morgan fingerprint density at radius 3 is 2.44 bits per heavy atom. The van der Waals surface area contributed by atoms with Crippen molar-refractivity contribution in [3.8, 4) is 0 Å². The summed E-state index contributed by atoms with van der Waals surface area (Å²) in [6.07, 6.45) is 1.24. The fraction of sp³-hybridized carbons (Fsp3) is 0.333. The zero-order valence-corrected chi connectivity index (χ0v) is 16.8. The number of carbonyl (C=O) groups is 2. The molecule has 0 aromatic heterocycles. The molecule has 2 N–H and O–H groups in total. The molecular weight excluding hydrogens is 362 g/mol. The average molecular weight is 388 g/mol. The second-order valence-corrected chi connectivity index (χ2v) is 6.91. The lowest BCUT2D eigenvalue weighted by Crippen LogP contribution is -2.27. The van der Waals surface area contributed by atoms with Gasteiger partial charge in [-0.3, -0.25) is 9.59 Å². The molecule has 0 radical (unpaired) electrons. The molecule has 0 heterocycles. The smallest absolute Gasteiger partial charge is 0.251 e. The Bertz CT molecular complexity index is 791. The number of carbonyl (C=O) groups excluding carboxylic acids is 2. The number of nitrogens with zero attached hydrogens (tertiary/aromatic N) is 1. The molecule has 0 bridgehead atoms. The standard InChI is InChI=1S/C21H26ClN3O2/c1-4-13-25(3)17-8-6-16(7-9-17)21(27)23-12-11-20(26)24-19-10-5-15(2)14-18(19)22/h5-10,14H,4,11-13H2,1-3H3,(H,23,27)(H,24,26). The van der Waals surface area contributed by atoms with Crippen molar-refractivity contribution in [3.05, 3.63) is 58.6 Å². The SMILES string of the molecule is CCCN(C)c1ccc(C(=O)NCCC(=O)Nc2ccc(C)cc2Cl)cc1. The third-order valence-corrected chi connectivity index (χ3v) is 4.48. The molecule has 144 valence electrons. The third-order valence-electron chi connectivity index (χ3n) is 4.17. The van der Waals surface area contributed by atoms with Gasteiger partial charge < -0.3 is 15.5 Å². The summed E-state index contributed by atoms with van der Waals surface area (Å²) in [6, 6.07) is 12.9. The fourth-order valence-corrected chi connectivity index (χ4v) is 2.94. The van der Waals surface area contributed by atoms with Crippen LogP contribution in [0.5, 0.6) is 0 Å². The van der Waals surface area contributed by atoms with Crippen molar-refractivity contribution in [2.75, 3.05) is 30.4 Å². The lowest BCUT2D eigenvalue weighted by molar-refractivity contribution is -0.116. The van der Waals surface area contributed by atoms with Gasteiger partial charge >= 0.3 is 0 Å². The Labute approximate surface area is 165 Å². The van der Waals surface area contributed by atoms with E-state index in [4.69, 9.17) is 11.6 Å². The molecule has 0 saturated heterocycles. The first kappa shape index (κ1) is 20.8. The van der Waals surface area contributed by atoms with Gasteiger partial charge in [-0.15, -0.1) is 0 Å². The van der Waals surface area contributed by atoms with Gasteiger partial charge in [0.2, 0.25) is 5.91 Å². The predicted octanol–water partition coefficient (Wildman–Crippen LogP) is 4.25. The van der Waals surface area contributed by atoms with Crippen molar-refractivity contribution in [1.29, 1.82) is 0 Å². The molecule has 0 aliphatic heterocycles. The van der Waals surface area contributed by atoms with E-state index in [2.05, 4.69) is 22.5 Å². The van der Waals surface area contributed by atoms with Gasteiger partial charge in [0.25, 0.3) is 5.91 Å². The second-order valence-electron chi connectivity index (χ2n) is 6.51. The van der Waals surface area contributed by atoms with Crippen LogP contribution in [0.4, 0.5) is 11.4 Å². The van der Waals surface area contributed by atoms with Crippen LogP contribution >= 0.6 is 11.6 Å². The lowest BCUT2D eigenvalue weighted by Gasteiger charge is -2.18. The van der Waals surface area contributed by atoms with Crippen molar-refractivity contribution in [2.45, 2.75) is 26.7 Å². The van der Waals surface area contributed by atoms with Crippen molar-refractivity contribution in [3.63, 3.8) is 0 Å². The molecule has 0 spiro atoms. The zero-order chi connectivity index (χ0) is 19.8. The largest absolute Gasteiger partial charge is 0.375 e. The number of halogens is 1. The minimum Gasteiger partial charge on any atom is -0.375 e. The Balaban J connectivity index is 1.80. The summed E-state index contributed by atoms with van der Waals surface area (Å²) >= 11 is 6.10. The van der Waals surface area contributed by atoms with E-state index in [1.807, 2.05) is 32.2 Å². The molecule has 2 aromatic rings. The molecule has 0 saturated carbocycles. The number of hydrogen-bond acceptors (Lipinski definition) is 3. The summed E-state index contributed by atoms with van der Waals surface area (Å²) in [7, 11) is 2.03. The first-order chi connectivity index (χ1) is 12.9. The van der Waals surface area contributed by atoms with E-state index in [0.29, 0.717) is 16.3 Å². The van der Waals surface area contributed by atoms with Gasteiger partial charge in [0, 0.05) is 37.8 Å². The average Bonchev–Trinajstić information content (AvgIpc) is 2.64. The molecule has 2 amide bonds. The van der Waals surface area contributed by atoms with E-state index in [0.717, 1.165) is 24.2 Å². The highest BCUT2D eigenvalue weighted by Crippen LogP contribution is 2.22. The number of hydrogen-bond donors (Lipinski definition) is 2. The van der Waals surface area contributed by atoms with Crippen LogP contribution in [0.25, 0.3) is 0 Å². The molecular formula is C21H26ClN3O2. The highest BCUT2D eigenvalue weighted by atomic mass is 35.5. The van der Waals surface area contributed by atoms with Gasteiger partial charge in [-0.25, -0.2) is 0 Å². The minimum absolute atomic E-state index is 0.174. The fourth-order valence-electron chi connectivity index (χ4n) is 2.66. The van der Waals surface area contributed by atoms with Crippen LogP contribution in [0.2, 0.25) is 5.02 Å². The first-order valence-electron chi connectivity index (χ1n) is 9.06. The molecule has 0 fully saturated rings. The van der Waals surface area contributed by atoms with E-state index in [9.17, 15) is 9.59 Å². The van der Waals surface area contributed by atoms with Crippen molar-refractivity contribution in [1.82, 2.24) is 5.32 Å². The molecule has 5 nitrogen and oxygen atoms in total. The van der Waals surface area contributed by atoms with Crippen LogP contribution in [0.1, 0.15) is 35.7 Å². The number of anilines is 2. The minimum atomic E-state index is -0.197. The highest BCUT2D eigenvalue weighted by Gasteiger charge is 2.09. The van der Waals surface area contributed by atoms with Gasteiger partial charge in [-0.1, -0.05) is 24.6 Å². The molecule has 0 aliphatic carbocycles. The van der Waals surface area contributed by atoms with Crippen molar-refractivity contribution >= 4 is 34.8 Å². The maximum atomic E-state index is 12.2. The quantitative estimate of drug-likeness (QED) is 0.711. The monoisotopic (exact) mass is 387 g/mol. The van der Waals surface area contributed by atoms with Gasteiger partial charge in [0.1, 0.15) is 0 Å². The Morgan fingerprint density at radius 1 is 1.11 bits per heavy atom. The number of aryl methyl sites for hydroxylation is 1. The highest BCUT2D eigenvalue weighted by molar-refractivity contribution is 6.33. The van der Waals surface area contributed by atoms with Crippen LogP contribution in [0.3, 0.4) is 0 Å². The maximum Gasteiger partial charge on any atom is 0.251 e. The van der Waals surface area contributed by atoms with Crippen LogP contribution in [-0.2, 0) is 4.79 Å². The summed E-state index contributed by atoms with van der Waals surface area (Å²) in [4.78, 5) is 26.4. The maximum absolute atomic E-state index is 12.2. The van der Waals surface area contributed by atoms with E-state index in [1.54, 1.807) is 24.3 Å². The number of benzene rings is 2. The topological polar surface area (TPSA) is 61.4 Å². The van der Waals surface area contributed by atoms with Gasteiger partial charge in [0.15, 0.2) is 0 Å². The van der Waals surface area contributed by atoms with E-state index in [1.165, 1.54) is 0 Å². The lowest BCUT2D eigenvalue weighted by atomic mass is 10.2. The Kier molecular flexibility index (Phi) is 7.67. The molecule has 2 aromatic carbocycles. The third kappa shape index (κ3) is 6.29. The van der Waals surface area contributed by atoms with Gasteiger partial charge in [0.05, 0.1) is 10.7 Å². The van der Waals surface area contributed by atoms with E-state index in [-0.39, 0.29) is 24.8 Å². The Morgan fingerprint density at radius 2 is 1.81 bits per heavy atom. The van der Waals surface area contributed by atoms with Crippen molar-refractivity contribution in [2.24, 2.45) is 0 Å². The number of nitrogens with one attached hydrogen (secondary N) is 2. The first-order valence-corrected chi connectivity index (χ1v) is 9.44. The normalized spacial score (nSPS) is 10.4. The van der Waals surface area contributed by atoms with Gasteiger partial charge in [-0.05, 0) is 55.3 Å². The van der Waals surface area contributed by atoms with Crippen molar-refractivity contribution < 1.29 is 9.59 Å². The second kappa shape index (κ2) is 9.97. The molecule has 0 aliphatic rings. The summed E-state index contributed by atoms with van der Waals surface area (Å²) in [5, 5.41) is 6.02. The van der Waals surface area contributed by atoms with Gasteiger partial charge in [-0.2, -0.15) is 0 Å². The molecule has 2 rings (SSSR count). The molecule has 0 atom stereocenters. The van der Waals surface area contributed by atoms with Crippen LogP contribution in [-0.4, -0.2) is 32.0 Å². The predicted molar refractivity (Wildman–Crippen MR) is 112 cm³/mol. The summed E-state index contributed by atoms with van der Waals surface area (Å²) in [5.41, 5.74) is 3.25. The zero-order valence-electron chi connectivity index (χ0n) is 16.0. The number of rotatable bonds is 8. The summed E-state index contributed by atoms with van der Waals surface area (Å²) < 4.78 is 0. The summed E-state index contributed by atoms with van der Waals surface area (Å²) in [6.45, 7) is 5.28. The van der Waals surface area contributed by atoms with E-state index < -0.39 is 0 Å². The summed E-state index contributed by atoms with van der Waals surface area (Å²) in [5.74, 6) is -0.390. The number of amides is 2. The van der Waals surface area contributed by atoms with E-state index >= 15 is 0 Å². The molecule has 6 heteroatoms. The molecule has 0 unspecified atom stereocenters. The van der Waals surface area contributed by atoms with Crippen LogP contribution in [0, 0.1) is 6.92 Å². The molecule has 27 heavy (non-hydrogen) atoms. The Hall–Kier alpha value is -2.53. The van der Waals surface area contributed by atoms with Crippen LogP contribution < -0.4 is 15.5 Å². The van der Waals surface area contributed by atoms with Crippen LogP contribution in [0.15, 0.2) is 42.5 Å².